The molecule has 23 heavy (non-hydrogen) atoms. The van der Waals surface area contributed by atoms with E-state index < -0.39 is 5.97 Å². The van der Waals surface area contributed by atoms with Crippen molar-refractivity contribution in [2.45, 2.75) is 39.5 Å². The van der Waals surface area contributed by atoms with Gasteiger partial charge in [-0.15, -0.1) is 0 Å². The van der Waals surface area contributed by atoms with Crippen molar-refractivity contribution in [3.8, 4) is 0 Å². The van der Waals surface area contributed by atoms with E-state index >= 15 is 0 Å². The number of hydrogen-bond acceptors (Lipinski definition) is 3. The first-order valence-corrected chi connectivity index (χ1v) is 8.29. The molecule has 0 aliphatic heterocycles. The fourth-order valence-corrected chi connectivity index (χ4v) is 2.83. The average molecular weight is 315 g/mol. The van der Waals surface area contributed by atoms with E-state index in [1.807, 2.05) is 6.92 Å². The van der Waals surface area contributed by atoms with Crippen LogP contribution in [0, 0.1) is 0 Å². The lowest BCUT2D eigenvalue weighted by Gasteiger charge is -2.20. The number of allylic oxidation sites excluding steroid dienone is 1. The highest BCUT2D eigenvalue weighted by Gasteiger charge is 2.13. The molecule has 0 saturated carbocycles. The predicted octanol–water partition coefficient (Wildman–Crippen LogP) is 2.99. The van der Waals surface area contributed by atoms with Crippen molar-refractivity contribution in [1.29, 1.82) is 0 Å². The lowest BCUT2D eigenvalue weighted by molar-refractivity contribution is -0.150. The molecule has 0 aromatic heterocycles. The Balaban J connectivity index is 1.82. The summed E-state index contributed by atoms with van der Waals surface area (Å²) < 4.78 is 4.78. The van der Waals surface area contributed by atoms with Gasteiger partial charge >= 0.3 is 5.97 Å². The Kier molecular flexibility index (Phi) is 6.39. The molecule has 1 aliphatic carbocycles. The second kappa shape index (κ2) is 8.51. The first kappa shape index (κ1) is 17.3. The van der Waals surface area contributed by atoms with Crippen LogP contribution in [0.4, 0.5) is 0 Å². The molecular formula is C19H25NO3. The molecule has 4 nitrogen and oxygen atoms in total. The molecular weight excluding hydrogens is 290 g/mol. The van der Waals surface area contributed by atoms with Crippen LogP contribution in [0.5, 0.6) is 0 Å². The second-order valence-corrected chi connectivity index (χ2v) is 5.83. The van der Waals surface area contributed by atoms with Gasteiger partial charge in [0.15, 0.2) is 6.61 Å². The van der Waals surface area contributed by atoms with Gasteiger partial charge in [-0.2, -0.15) is 0 Å². The molecule has 0 bridgehead atoms. The summed E-state index contributed by atoms with van der Waals surface area (Å²) in [6, 6.07) is 6.64. The maximum Gasteiger partial charge on any atom is 0.303 e. The zero-order valence-electron chi connectivity index (χ0n) is 14.0. The Bertz CT molecular complexity index is 592. The van der Waals surface area contributed by atoms with Crippen LogP contribution in [-0.4, -0.2) is 36.5 Å². The van der Waals surface area contributed by atoms with Gasteiger partial charge in [-0.25, -0.2) is 0 Å². The first-order chi connectivity index (χ1) is 11.1. The molecule has 2 rings (SSSR count). The van der Waals surface area contributed by atoms with E-state index in [1.54, 1.807) is 4.90 Å². The van der Waals surface area contributed by atoms with Crippen LogP contribution in [0.25, 0.3) is 6.08 Å². The lowest BCUT2D eigenvalue weighted by Crippen LogP contribution is -2.35. The minimum Gasteiger partial charge on any atom is -0.456 e. The fourth-order valence-electron chi connectivity index (χ4n) is 2.83. The van der Waals surface area contributed by atoms with Crippen molar-refractivity contribution in [1.82, 2.24) is 4.90 Å². The highest BCUT2D eigenvalue weighted by molar-refractivity contribution is 5.80. The number of benzene rings is 1. The number of esters is 1. The highest BCUT2D eigenvalue weighted by atomic mass is 16.5. The summed E-state index contributed by atoms with van der Waals surface area (Å²) in [5.74, 6) is -0.546. The molecule has 1 amide bonds. The summed E-state index contributed by atoms with van der Waals surface area (Å²) >= 11 is 0. The number of amides is 1. The Morgan fingerprint density at radius 1 is 1.30 bits per heavy atom. The van der Waals surface area contributed by atoms with Crippen LogP contribution >= 0.6 is 0 Å². The predicted molar refractivity (Wildman–Crippen MR) is 91.0 cm³/mol. The number of carbonyl (C=O) groups excluding carboxylic acids is 2. The standard InChI is InChI=1S/C19H25NO3/c1-3-20(19(22)14-23-15(2)21)12-6-7-16-10-11-17-8-4-5-9-18(17)13-16/h4,8,10-11,13H,3,5-7,9,12,14H2,1-2H3. The van der Waals surface area contributed by atoms with Gasteiger partial charge in [0.2, 0.25) is 0 Å². The minimum absolute atomic E-state index is 0.127. The molecule has 0 radical (unpaired) electrons. The summed E-state index contributed by atoms with van der Waals surface area (Å²) in [6.45, 7) is 4.42. The Morgan fingerprint density at radius 2 is 2.13 bits per heavy atom. The Labute approximate surface area is 138 Å². The molecule has 1 aromatic carbocycles. The van der Waals surface area contributed by atoms with Gasteiger partial charge in [-0.05, 0) is 49.3 Å². The van der Waals surface area contributed by atoms with Crippen molar-refractivity contribution in [2.75, 3.05) is 19.7 Å². The number of likely N-dealkylation sites (N-methyl/N-ethyl adjacent to an activating group) is 1. The van der Waals surface area contributed by atoms with Crippen LogP contribution in [0.1, 0.15) is 43.4 Å². The molecule has 124 valence electrons. The van der Waals surface area contributed by atoms with Crippen molar-refractivity contribution >= 4 is 18.0 Å². The lowest BCUT2D eigenvalue weighted by atomic mass is 9.94. The Morgan fingerprint density at radius 3 is 2.87 bits per heavy atom. The van der Waals surface area contributed by atoms with E-state index in [2.05, 4.69) is 30.4 Å². The SMILES string of the molecule is CCN(CCCc1ccc2c(c1)CCC=C2)C(=O)COC(C)=O. The zero-order chi connectivity index (χ0) is 16.7. The molecule has 0 spiro atoms. The highest BCUT2D eigenvalue weighted by Crippen LogP contribution is 2.21. The van der Waals surface area contributed by atoms with E-state index in [0.29, 0.717) is 13.1 Å². The molecule has 0 fully saturated rings. The van der Waals surface area contributed by atoms with Crippen molar-refractivity contribution in [3.63, 3.8) is 0 Å². The molecule has 4 heteroatoms. The van der Waals surface area contributed by atoms with E-state index in [-0.39, 0.29) is 12.5 Å². The summed E-state index contributed by atoms with van der Waals surface area (Å²) in [7, 11) is 0. The van der Waals surface area contributed by atoms with Gasteiger partial charge in [-0.3, -0.25) is 9.59 Å². The minimum atomic E-state index is -0.419. The van der Waals surface area contributed by atoms with E-state index in [9.17, 15) is 9.59 Å². The maximum atomic E-state index is 12.0. The van der Waals surface area contributed by atoms with Gasteiger partial charge in [0.25, 0.3) is 5.91 Å². The largest absolute Gasteiger partial charge is 0.456 e. The molecule has 0 atom stereocenters. The number of nitrogens with zero attached hydrogens (tertiary/aromatic N) is 1. The van der Waals surface area contributed by atoms with Crippen LogP contribution in [0.2, 0.25) is 0 Å². The number of fused-ring (bicyclic) bond motifs is 1. The van der Waals surface area contributed by atoms with E-state index in [4.69, 9.17) is 4.74 Å². The summed E-state index contributed by atoms with van der Waals surface area (Å²) in [5, 5.41) is 0. The summed E-state index contributed by atoms with van der Waals surface area (Å²) in [6.07, 6.45) is 8.50. The third-order valence-electron chi connectivity index (χ3n) is 4.11. The van der Waals surface area contributed by atoms with Crippen LogP contribution in [-0.2, 0) is 27.2 Å². The van der Waals surface area contributed by atoms with Gasteiger partial charge in [0.05, 0.1) is 0 Å². The molecule has 0 saturated heterocycles. The van der Waals surface area contributed by atoms with E-state index in [0.717, 1.165) is 25.7 Å². The molecule has 1 aromatic rings. The van der Waals surface area contributed by atoms with Crippen molar-refractivity contribution < 1.29 is 14.3 Å². The zero-order valence-corrected chi connectivity index (χ0v) is 14.0. The number of hydrogen-bond donors (Lipinski definition) is 0. The van der Waals surface area contributed by atoms with Crippen LogP contribution in [0.15, 0.2) is 24.3 Å². The fraction of sp³-hybridized carbons (Fsp3) is 0.474. The first-order valence-electron chi connectivity index (χ1n) is 8.29. The molecule has 0 N–H and O–H groups in total. The topological polar surface area (TPSA) is 46.6 Å². The number of carbonyl (C=O) groups is 2. The quantitative estimate of drug-likeness (QED) is 0.727. The third kappa shape index (κ3) is 5.23. The van der Waals surface area contributed by atoms with Crippen molar-refractivity contribution in [2.24, 2.45) is 0 Å². The van der Waals surface area contributed by atoms with Crippen LogP contribution in [0.3, 0.4) is 0 Å². The second-order valence-electron chi connectivity index (χ2n) is 5.83. The van der Waals surface area contributed by atoms with Gasteiger partial charge in [0.1, 0.15) is 0 Å². The normalized spacial score (nSPS) is 12.6. The number of ether oxygens (including phenoxy) is 1. The Hall–Kier alpha value is -2.10. The van der Waals surface area contributed by atoms with Gasteiger partial charge < -0.3 is 9.64 Å². The number of aryl methyl sites for hydroxylation is 2. The average Bonchev–Trinajstić information content (AvgIpc) is 2.56. The smallest absolute Gasteiger partial charge is 0.303 e. The molecule has 0 unspecified atom stereocenters. The monoisotopic (exact) mass is 315 g/mol. The van der Waals surface area contributed by atoms with Gasteiger partial charge in [0, 0.05) is 20.0 Å². The molecule has 0 heterocycles. The third-order valence-corrected chi connectivity index (χ3v) is 4.11. The van der Waals surface area contributed by atoms with Gasteiger partial charge in [-0.1, -0.05) is 30.4 Å². The van der Waals surface area contributed by atoms with E-state index in [1.165, 1.54) is 23.6 Å². The van der Waals surface area contributed by atoms with Crippen molar-refractivity contribution in [3.05, 3.63) is 41.0 Å². The van der Waals surface area contributed by atoms with Crippen LogP contribution < -0.4 is 0 Å². The molecule has 1 aliphatic rings. The maximum absolute atomic E-state index is 12.0. The number of rotatable bonds is 7. The summed E-state index contributed by atoms with van der Waals surface area (Å²) in [4.78, 5) is 24.5. The summed E-state index contributed by atoms with van der Waals surface area (Å²) in [5.41, 5.74) is 4.07.